The van der Waals surface area contributed by atoms with Gasteiger partial charge in [-0.2, -0.15) is 0 Å². The third-order valence-electron chi connectivity index (χ3n) is 3.63. The zero-order chi connectivity index (χ0) is 14.5. The smallest absolute Gasteiger partial charge is 0.161 e. The van der Waals surface area contributed by atoms with E-state index in [1.807, 2.05) is 12.1 Å². The van der Waals surface area contributed by atoms with E-state index in [2.05, 4.69) is 11.5 Å². The Morgan fingerprint density at radius 2 is 2.20 bits per heavy atom. The van der Waals surface area contributed by atoms with Crippen molar-refractivity contribution >= 4 is 0 Å². The molecule has 1 fully saturated rings. The lowest BCUT2D eigenvalue weighted by atomic mass is 10.1. The van der Waals surface area contributed by atoms with Gasteiger partial charge in [0.05, 0.1) is 13.7 Å². The number of aliphatic hydroxyl groups is 1. The summed E-state index contributed by atoms with van der Waals surface area (Å²) in [4.78, 5) is 2.28. The van der Waals surface area contributed by atoms with Crippen molar-refractivity contribution < 1.29 is 14.9 Å². The van der Waals surface area contributed by atoms with Gasteiger partial charge in [0.15, 0.2) is 11.5 Å². The molecular formula is C16H23NO3. The van der Waals surface area contributed by atoms with Crippen LogP contribution in [0.15, 0.2) is 24.8 Å². The Morgan fingerprint density at radius 1 is 1.45 bits per heavy atom. The van der Waals surface area contributed by atoms with Gasteiger partial charge in [-0.05, 0) is 30.9 Å². The molecule has 1 aromatic rings. The zero-order valence-electron chi connectivity index (χ0n) is 12.0. The quantitative estimate of drug-likeness (QED) is 0.714. The van der Waals surface area contributed by atoms with E-state index in [9.17, 15) is 5.11 Å². The van der Waals surface area contributed by atoms with Gasteiger partial charge in [-0.25, -0.2) is 0 Å². The number of hydrogen-bond donors (Lipinski definition) is 2. The van der Waals surface area contributed by atoms with Crippen LogP contribution in [0.25, 0.3) is 0 Å². The highest BCUT2D eigenvalue weighted by Crippen LogP contribution is 2.34. The third kappa shape index (κ3) is 3.52. The van der Waals surface area contributed by atoms with Gasteiger partial charge in [-0.15, -0.1) is 6.58 Å². The normalized spacial score (nSPS) is 14.6. The lowest BCUT2D eigenvalue weighted by Crippen LogP contribution is -2.28. The molecule has 0 heterocycles. The van der Waals surface area contributed by atoms with Crippen LogP contribution in [-0.2, 0) is 13.0 Å². The van der Waals surface area contributed by atoms with Crippen LogP contribution in [0, 0.1) is 0 Å². The van der Waals surface area contributed by atoms with Crippen molar-refractivity contribution in [1.29, 1.82) is 0 Å². The number of phenolic OH excluding ortho intramolecular Hbond substituents is 1. The summed E-state index contributed by atoms with van der Waals surface area (Å²) in [5.74, 6) is 0.690. The maximum absolute atomic E-state index is 10.1. The van der Waals surface area contributed by atoms with Crippen LogP contribution in [-0.4, -0.2) is 41.4 Å². The Bertz CT molecular complexity index is 469. The summed E-state index contributed by atoms with van der Waals surface area (Å²) >= 11 is 0. The maximum Gasteiger partial charge on any atom is 0.161 e. The SMILES string of the molecule is C=CCc1cc(CN(CCO)C2CC2)cc(OC)c1O. The van der Waals surface area contributed by atoms with E-state index in [1.54, 1.807) is 13.2 Å². The predicted octanol–water partition coefficient (Wildman–Crippen LogP) is 2.09. The molecule has 0 aliphatic heterocycles. The monoisotopic (exact) mass is 277 g/mol. The number of phenols is 1. The molecule has 2 N–H and O–H groups in total. The van der Waals surface area contributed by atoms with Crippen LogP contribution in [0.3, 0.4) is 0 Å². The van der Waals surface area contributed by atoms with E-state index in [-0.39, 0.29) is 12.4 Å². The summed E-state index contributed by atoms with van der Waals surface area (Å²) in [5, 5.41) is 19.2. The number of rotatable bonds is 8. The predicted molar refractivity (Wildman–Crippen MR) is 79.1 cm³/mol. The van der Waals surface area contributed by atoms with Gasteiger partial charge >= 0.3 is 0 Å². The number of methoxy groups -OCH3 is 1. The minimum absolute atomic E-state index is 0.172. The minimum Gasteiger partial charge on any atom is -0.504 e. The number of aliphatic hydroxyl groups excluding tert-OH is 1. The molecule has 4 nitrogen and oxygen atoms in total. The molecule has 110 valence electrons. The first-order chi connectivity index (χ1) is 9.69. The van der Waals surface area contributed by atoms with Gasteiger partial charge in [0.2, 0.25) is 0 Å². The fourth-order valence-electron chi connectivity index (χ4n) is 2.48. The largest absolute Gasteiger partial charge is 0.504 e. The van der Waals surface area contributed by atoms with Gasteiger partial charge in [-0.3, -0.25) is 4.90 Å². The molecule has 0 amide bonds. The summed E-state index contributed by atoms with van der Waals surface area (Å²) in [6.07, 6.45) is 4.79. The Morgan fingerprint density at radius 3 is 2.75 bits per heavy atom. The van der Waals surface area contributed by atoms with Crippen LogP contribution in [0.1, 0.15) is 24.0 Å². The summed E-state index contributed by atoms with van der Waals surface area (Å²) < 4.78 is 5.24. The summed E-state index contributed by atoms with van der Waals surface area (Å²) in [5.41, 5.74) is 1.92. The first-order valence-corrected chi connectivity index (χ1v) is 7.04. The van der Waals surface area contributed by atoms with E-state index >= 15 is 0 Å². The van der Waals surface area contributed by atoms with Crippen molar-refractivity contribution in [3.05, 3.63) is 35.9 Å². The van der Waals surface area contributed by atoms with Crippen molar-refractivity contribution in [1.82, 2.24) is 4.90 Å². The highest BCUT2D eigenvalue weighted by atomic mass is 16.5. The van der Waals surface area contributed by atoms with Gasteiger partial charge in [0, 0.05) is 24.7 Å². The molecule has 4 heteroatoms. The highest BCUT2D eigenvalue weighted by molar-refractivity contribution is 5.49. The number of allylic oxidation sites excluding steroid dienone is 1. The van der Waals surface area contributed by atoms with E-state index < -0.39 is 0 Å². The zero-order valence-corrected chi connectivity index (χ0v) is 12.0. The molecule has 0 unspecified atom stereocenters. The number of hydrogen-bond acceptors (Lipinski definition) is 4. The standard InChI is InChI=1S/C16H23NO3/c1-3-4-13-9-12(10-15(20-2)16(13)19)11-17(7-8-18)14-5-6-14/h3,9-10,14,18-19H,1,4-8,11H2,2H3. The fraction of sp³-hybridized carbons (Fsp3) is 0.500. The van der Waals surface area contributed by atoms with E-state index in [1.165, 1.54) is 12.8 Å². The summed E-state index contributed by atoms with van der Waals surface area (Å²) in [6, 6.07) is 4.45. The number of nitrogens with zero attached hydrogens (tertiary/aromatic N) is 1. The van der Waals surface area contributed by atoms with Crippen LogP contribution in [0.5, 0.6) is 11.5 Å². The van der Waals surface area contributed by atoms with Gasteiger partial charge in [0.25, 0.3) is 0 Å². The third-order valence-corrected chi connectivity index (χ3v) is 3.63. The van der Waals surface area contributed by atoms with Gasteiger partial charge in [0.1, 0.15) is 0 Å². The van der Waals surface area contributed by atoms with E-state index in [0.717, 1.165) is 17.7 Å². The number of aromatic hydroxyl groups is 1. The van der Waals surface area contributed by atoms with Crippen molar-refractivity contribution in [2.45, 2.75) is 31.8 Å². The number of ether oxygens (including phenoxy) is 1. The van der Waals surface area contributed by atoms with Crippen molar-refractivity contribution in [2.75, 3.05) is 20.3 Å². The van der Waals surface area contributed by atoms with Crippen molar-refractivity contribution in [3.63, 3.8) is 0 Å². The molecule has 1 aromatic carbocycles. The Balaban J connectivity index is 2.21. The summed E-state index contributed by atoms with van der Waals surface area (Å²) in [7, 11) is 1.56. The average Bonchev–Trinajstić information content (AvgIpc) is 3.26. The molecule has 20 heavy (non-hydrogen) atoms. The molecule has 1 saturated carbocycles. The lowest BCUT2D eigenvalue weighted by molar-refractivity contribution is 0.183. The molecule has 0 atom stereocenters. The topological polar surface area (TPSA) is 52.9 Å². The second kappa shape index (κ2) is 6.77. The van der Waals surface area contributed by atoms with Gasteiger partial charge < -0.3 is 14.9 Å². The molecule has 0 bridgehead atoms. The molecular weight excluding hydrogens is 254 g/mol. The van der Waals surface area contributed by atoms with Crippen molar-refractivity contribution in [2.24, 2.45) is 0 Å². The van der Waals surface area contributed by atoms with Crippen LogP contribution < -0.4 is 4.74 Å². The first kappa shape index (κ1) is 14.9. The molecule has 1 aliphatic rings. The highest BCUT2D eigenvalue weighted by Gasteiger charge is 2.28. The first-order valence-electron chi connectivity index (χ1n) is 7.04. The molecule has 0 spiro atoms. The molecule has 1 aliphatic carbocycles. The average molecular weight is 277 g/mol. The van der Waals surface area contributed by atoms with Crippen molar-refractivity contribution in [3.8, 4) is 11.5 Å². The van der Waals surface area contributed by atoms with Crippen LogP contribution >= 0.6 is 0 Å². The summed E-state index contributed by atoms with van der Waals surface area (Å²) in [6.45, 7) is 5.34. The maximum atomic E-state index is 10.1. The molecule has 0 radical (unpaired) electrons. The van der Waals surface area contributed by atoms with E-state index in [0.29, 0.717) is 24.8 Å². The van der Waals surface area contributed by atoms with Crippen LogP contribution in [0.4, 0.5) is 0 Å². The fourth-order valence-corrected chi connectivity index (χ4v) is 2.48. The Hall–Kier alpha value is -1.52. The molecule has 2 rings (SSSR count). The Kier molecular flexibility index (Phi) is 5.04. The van der Waals surface area contributed by atoms with E-state index in [4.69, 9.17) is 9.84 Å². The number of benzene rings is 1. The molecule has 0 aromatic heterocycles. The second-order valence-corrected chi connectivity index (χ2v) is 5.22. The molecule has 0 saturated heterocycles. The minimum atomic E-state index is 0.172. The second-order valence-electron chi connectivity index (χ2n) is 5.22. The van der Waals surface area contributed by atoms with Crippen LogP contribution in [0.2, 0.25) is 0 Å². The van der Waals surface area contributed by atoms with Gasteiger partial charge in [-0.1, -0.05) is 12.1 Å². The lowest BCUT2D eigenvalue weighted by Gasteiger charge is -2.22. The Labute approximate surface area is 120 Å².